The van der Waals surface area contributed by atoms with E-state index < -0.39 is 75.2 Å². The van der Waals surface area contributed by atoms with Crippen LogP contribution in [0.3, 0.4) is 0 Å². The minimum absolute atomic E-state index is 0.00125. The molecule has 2 aromatic carbocycles. The van der Waals surface area contributed by atoms with Gasteiger partial charge in [0.25, 0.3) is 0 Å². The summed E-state index contributed by atoms with van der Waals surface area (Å²) in [6.07, 6.45) is 4.38. The van der Waals surface area contributed by atoms with Gasteiger partial charge >= 0.3 is 35.8 Å². The minimum Gasteiger partial charge on any atom is -0.459 e. The normalized spacial score (nSPS) is 14.5. The lowest BCUT2D eigenvalue weighted by Crippen LogP contribution is -2.29. The fourth-order valence-corrected chi connectivity index (χ4v) is 4.28. The van der Waals surface area contributed by atoms with Crippen LogP contribution in [0.1, 0.15) is 46.4 Å². The SMILES string of the molecule is C=CC(=O)OCOc1ccc(C(=O)OC2CCC(OC(=O)c3ccc(OCOC(=O)C=C)c(OCOC(=O)C=C)c3)CC2)cc1OCOC(=O)C=C. The van der Waals surface area contributed by atoms with E-state index in [1.165, 1.54) is 36.4 Å². The molecule has 0 spiro atoms. The first kappa shape index (κ1) is 39.9. The number of ether oxygens (including phenoxy) is 10. The first-order chi connectivity index (χ1) is 25.1. The van der Waals surface area contributed by atoms with Crippen molar-refractivity contribution in [3.05, 3.63) is 98.1 Å². The molecule has 1 fully saturated rings. The zero-order chi connectivity index (χ0) is 37.9. The van der Waals surface area contributed by atoms with Gasteiger partial charge in [-0.05, 0) is 62.1 Å². The second-order valence-corrected chi connectivity index (χ2v) is 10.3. The van der Waals surface area contributed by atoms with Gasteiger partial charge in [-0.1, -0.05) is 26.3 Å². The predicted molar refractivity (Wildman–Crippen MR) is 177 cm³/mol. The van der Waals surface area contributed by atoms with Gasteiger partial charge in [-0.15, -0.1) is 0 Å². The van der Waals surface area contributed by atoms with Gasteiger partial charge in [-0.25, -0.2) is 28.8 Å². The highest BCUT2D eigenvalue weighted by molar-refractivity contribution is 5.91. The molecule has 1 aliphatic carbocycles. The molecule has 0 N–H and O–H groups in total. The topological polar surface area (TPSA) is 195 Å². The summed E-state index contributed by atoms with van der Waals surface area (Å²) in [6, 6.07) is 8.23. The lowest BCUT2D eigenvalue weighted by molar-refractivity contribution is -0.146. The van der Waals surface area contributed by atoms with Gasteiger partial charge < -0.3 is 47.4 Å². The lowest BCUT2D eigenvalue weighted by Gasteiger charge is -2.28. The van der Waals surface area contributed by atoms with Crippen LogP contribution < -0.4 is 18.9 Å². The fourth-order valence-electron chi connectivity index (χ4n) is 4.28. The third kappa shape index (κ3) is 13.0. The maximum absolute atomic E-state index is 13.0. The Labute approximate surface area is 298 Å². The summed E-state index contributed by atoms with van der Waals surface area (Å²) in [5.74, 6) is -4.11. The summed E-state index contributed by atoms with van der Waals surface area (Å²) in [5, 5.41) is 0. The van der Waals surface area contributed by atoms with E-state index in [0.29, 0.717) is 25.7 Å². The minimum atomic E-state index is -0.741. The lowest BCUT2D eigenvalue weighted by atomic mass is 9.95. The Balaban J connectivity index is 1.58. The van der Waals surface area contributed by atoms with E-state index in [-0.39, 0.29) is 34.1 Å². The van der Waals surface area contributed by atoms with E-state index in [9.17, 15) is 28.8 Å². The largest absolute Gasteiger partial charge is 0.459 e. The number of benzene rings is 2. The molecule has 1 aliphatic rings. The van der Waals surface area contributed by atoms with Crippen molar-refractivity contribution in [2.45, 2.75) is 37.9 Å². The molecule has 0 heterocycles. The summed E-state index contributed by atoms with van der Waals surface area (Å²) in [7, 11) is 0. The number of hydrogen-bond donors (Lipinski definition) is 0. The van der Waals surface area contributed by atoms with Crippen molar-refractivity contribution < 1.29 is 76.1 Å². The summed E-state index contributed by atoms with van der Waals surface area (Å²) >= 11 is 0. The van der Waals surface area contributed by atoms with Crippen molar-refractivity contribution in [2.75, 3.05) is 27.2 Å². The third-order valence-corrected chi connectivity index (χ3v) is 6.86. The molecule has 1 saturated carbocycles. The van der Waals surface area contributed by atoms with E-state index in [2.05, 4.69) is 26.3 Å². The number of carbonyl (C=O) groups excluding carboxylic acids is 6. The van der Waals surface area contributed by atoms with Crippen LogP contribution in [0.4, 0.5) is 0 Å². The molecule has 0 bridgehead atoms. The molecule has 0 amide bonds. The molecule has 3 rings (SSSR count). The van der Waals surface area contributed by atoms with Crippen molar-refractivity contribution in [3.63, 3.8) is 0 Å². The summed E-state index contributed by atoms with van der Waals surface area (Å²) in [6.45, 7) is 11.1. The highest BCUT2D eigenvalue weighted by Crippen LogP contribution is 2.32. The first-order valence-electron chi connectivity index (χ1n) is 15.4. The Kier molecular flexibility index (Phi) is 16.0. The highest BCUT2D eigenvalue weighted by Gasteiger charge is 2.28. The smallest absolute Gasteiger partial charge is 0.338 e. The second-order valence-electron chi connectivity index (χ2n) is 10.3. The van der Waals surface area contributed by atoms with Gasteiger partial charge in [0.15, 0.2) is 23.0 Å². The molecule has 52 heavy (non-hydrogen) atoms. The molecule has 0 aliphatic heterocycles. The van der Waals surface area contributed by atoms with Gasteiger partial charge in [-0.3, -0.25) is 0 Å². The van der Waals surface area contributed by atoms with E-state index >= 15 is 0 Å². The average Bonchev–Trinajstić information content (AvgIpc) is 3.15. The van der Waals surface area contributed by atoms with Gasteiger partial charge in [0.05, 0.1) is 11.1 Å². The molecular formula is C36H36O16. The molecular weight excluding hydrogens is 688 g/mol. The first-order valence-corrected chi connectivity index (χ1v) is 15.4. The zero-order valence-corrected chi connectivity index (χ0v) is 27.9. The molecule has 276 valence electrons. The van der Waals surface area contributed by atoms with Crippen LogP contribution in [0.5, 0.6) is 23.0 Å². The summed E-state index contributed by atoms with van der Waals surface area (Å²) in [4.78, 5) is 71.5. The molecule has 0 radical (unpaired) electrons. The number of esters is 6. The Morgan fingerprint density at radius 1 is 0.481 bits per heavy atom. The molecule has 2 aromatic rings. The summed E-state index contributed by atoms with van der Waals surface area (Å²) in [5.41, 5.74) is 0.190. The van der Waals surface area contributed by atoms with Crippen molar-refractivity contribution in [2.24, 2.45) is 0 Å². The van der Waals surface area contributed by atoms with Crippen LogP contribution in [0.2, 0.25) is 0 Å². The van der Waals surface area contributed by atoms with E-state index in [4.69, 9.17) is 47.4 Å². The van der Waals surface area contributed by atoms with Crippen molar-refractivity contribution in [1.82, 2.24) is 0 Å². The standard InChI is InChI=1S/C36H36O16/c1-5-31(37)47-19-43-27-15-9-23(17-29(27)45-21-49-33(39)7-3)35(41)51-25-11-13-26(14-12-25)52-36(42)24-10-16-28(44-20-48-32(38)6-2)30(18-24)46-22-50-34(40)8-4/h5-10,15-18,25-26H,1-4,11-14,19-22H2. The molecule has 0 unspecified atom stereocenters. The Morgan fingerprint density at radius 3 is 1.06 bits per heavy atom. The average molecular weight is 725 g/mol. The molecule has 0 saturated heterocycles. The van der Waals surface area contributed by atoms with Crippen LogP contribution in [0.25, 0.3) is 0 Å². The highest BCUT2D eigenvalue weighted by atomic mass is 16.7. The Bertz CT molecular complexity index is 1530. The maximum atomic E-state index is 13.0. The van der Waals surface area contributed by atoms with Crippen LogP contribution in [0, 0.1) is 0 Å². The Hall–Kier alpha value is -6.58. The predicted octanol–water partition coefficient (Wildman–Crippen LogP) is 4.27. The summed E-state index contributed by atoms with van der Waals surface area (Å²) < 4.78 is 52.3. The molecule has 16 nitrogen and oxygen atoms in total. The zero-order valence-electron chi connectivity index (χ0n) is 27.9. The second kappa shape index (κ2) is 20.8. The third-order valence-electron chi connectivity index (χ3n) is 6.86. The van der Waals surface area contributed by atoms with Gasteiger partial charge in [-0.2, -0.15) is 0 Å². The number of hydrogen-bond acceptors (Lipinski definition) is 16. The van der Waals surface area contributed by atoms with E-state index in [1.807, 2.05) is 0 Å². The van der Waals surface area contributed by atoms with Gasteiger partial charge in [0, 0.05) is 24.3 Å². The van der Waals surface area contributed by atoms with Gasteiger partial charge in [0.1, 0.15) is 12.2 Å². The van der Waals surface area contributed by atoms with Crippen LogP contribution >= 0.6 is 0 Å². The van der Waals surface area contributed by atoms with Crippen molar-refractivity contribution in [3.8, 4) is 23.0 Å². The quantitative estimate of drug-likeness (QED) is 0.0812. The number of rotatable bonds is 20. The van der Waals surface area contributed by atoms with Crippen molar-refractivity contribution in [1.29, 1.82) is 0 Å². The Morgan fingerprint density at radius 2 is 0.769 bits per heavy atom. The van der Waals surface area contributed by atoms with E-state index in [0.717, 1.165) is 24.3 Å². The molecule has 0 aromatic heterocycles. The fraction of sp³-hybridized carbons (Fsp3) is 0.278. The monoisotopic (exact) mass is 724 g/mol. The van der Waals surface area contributed by atoms with Crippen LogP contribution in [-0.2, 0) is 47.6 Å². The molecule has 0 atom stereocenters. The van der Waals surface area contributed by atoms with Crippen LogP contribution in [-0.4, -0.2) is 75.2 Å². The van der Waals surface area contributed by atoms with E-state index in [1.54, 1.807) is 0 Å². The number of carbonyl (C=O) groups is 6. The van der Waals surface area contributed by atoms with Gasteiger partial charge in [0.2, 0.25) is 27.2 Å². The maximum Gasteiger partial charge on any atom is 0.338 e. The van der Waals surface area contributed by atoms with Crippen molar-refractivity contribution >= 4 is 35.8 Å². The van der Waals surface area contributed by atoms with Crippen LogP contribution in [0.15, 0.2) is 87.0 Å². The molecule has 16 heteroatoms.